The highest BCUT2D eigenvalue weighted by atomic mass is 19.1. The highest BCUT2D eigenvalue weighted by Crippen LogP contribution is 2.22. The fourth-order valence-corrected chi connectivity index (χ4v) is 2.47. The molecule has 1 aliphatic rings. The van der Waals surface area contributed by atoms with E-state index >= 15 is 0 Å². The molecule has 1 N–H and O–H groups in total. The summed E-state index contributed by atoms with van der Waals surface area (Å²) in [5, 5.41) is 1.12. The van der Waals surface area contributed by atoms with E-state index in [1.807, 2.05) is 24.3 Å². The van der Waals surface area contributed by atoms with Crippen molar-refractivity contribution in [2.24, 2.45) is 0 Å². The molecule has 4 nitrogen and oxygen atoms in total. The molecule has 24 heavy (non-hydrogen) atoms. The Bertz CT molecular complexity index is 808. The second-order valence-corrected chi connectivity index (χ2v) is 5.94. The monoisotopic (exact) mass is 324 g/mol. The summed E-state index contributed by atoms with van der Waals surface area (Å²) in [5.74, 6) is -0.924. The lowest BCUT2D eigenvalue weighted by atomic mass is 10.0. The lowest BCUT2D eigenvalue weighted by molar-refractivity contribution is -0.117. The molecule has 122 valence electrons. The molecule has 1 fully saturated rings. The van der Waals surface area contributed by atoms with Crippen LogP contribution >= 0.6 is 0 Å². The molecule has 0 atom stereocenters. The number of halogens is 1. The van der Waals surface area contributed by atoms with E-state index in [1.54, 1.807) is 6.08 Å². The van der Waals surface area contributed by atoms with Crippen molar-refractivity contribution >= 4 is 23.6 Å². The number of nitrogens with one attached hydrogen (secondary N) is 1. The third-order valence-corrected chi connectivity index (χ3v) is 3.89. The van der Waals surface area contributed by atoms with Gasteiger partial charge in [-0.2, -0.15) is 0 Å². The van der Waals surface area contributed by atoms with Crippen LogP contribution in [-0.4, -0.2) is 11.8 Å². The van der Waals surface area contributed by atoms with Crippen molar-refractivity contribution in [3.63, 3.8) is 0 Å². The van der Waals surface area contributed by atoms with Crippen molar-refractivity contribution < 1.29 is 14.0 Å². The Morgan fingerprint density at radius 3 is 2.21 bits per heavy atom. The van der Waals surface area contributed by atoms with Crippen molar-refractivity contribution in [1.82, 2.24) is 5.43 Å². The third-order valence-electron chi connectivity index (χ3n) is 3.89. The average molecular weight is 324 g/mol. The van der Waals surface area contributed by atoms with Gasteiger partial charge in [0.15, 0.2) is 0 Å². The SMILES string of the molecule is CC(C)c1ccc(/C=C2/C(=O)NN(c3ccc(F)cc3)C2=O)cc1. The molecule has 0 spiro atoms. The zero-order chi connectivity index (χ0) is 17.3. The summed E-state index contributed by atoms with van der Waals surface area (Å²) < 4.78 is 13.0. The molecular formula is C19H17FN2O2. The molecule has 0 bridgehead atoms. The van der Waals surface area contributed by atoms with Gasteiger partial charge in [-0.25, -0.2) is 9.40 Å². The molecule has 2 aromatic carbocycles. The molecule has 0 radical (unpaired) electrons. The van der Waals surface area contributed by atoms with Gasteiger partial charge in [0.05, 0.1) is 5.69 Å². The summed E-state index contributed by atoms with van der Waals surface area (Å²) in [7, 11) is 0. The standard InChI is InChI=1S/C19H17FN2O2/c1-12(2)14-5-3-13(4-6-14)11-17-18(23)21-22(19(17)24)16-9-7-15(20)8-10-16/h3-12H,1-2H3,(H,21,23)/b17-11-. The first kappa shape index (κ1) is 15.9. The van der Waals surface area contributed by atoms with E-state index in [0.29, 0.717) is 11.6 Å². The van der Waals surface area contributed by atoms with Crippen LogP contribution in [-0.2, 0) is 9.59 Å². The molecule has 1 saturated heterocycles. The van der Waals surface area contributed by atoms with Crippen molar-refractivity contribution in [1.29, 1.82) is 0 Å². The zero-order valence-electron chi connectivity index (χ0n) is 13.4. The van der Waals surface area contributed by atoms with Gasteiger partial charge < -0.3 is 0 Å². The van der Waals surface area contributed by atoms with Crippen LogP contribution in [0.15, 0.2) is 54.1 Å². The average Bonchev–Trinajstić information content (AvgIpc) is 2.84. The number of rotatable bonds is 3. The molecular weight excluding hydrogens is 307 g/mol. The number of benzene rings is 2. The topological polar surface area (TPSA) is 49.4 Å². The molecule has 1 heterocycles. The van der Waals surface area contributed by atoms with Gasteiger partial charge >= 0.3 is 0 Å². The molecule has 2 amide bonds. The van der Waals surface area contributed by atoms with Gasteiger partial charge in [-0.15, -0.1) is 0 Å². The van der Waals surface area contributed by atoms with Gasteiger partial charge in [-0.05, 0) is 47.4 Å². The summed E-state index contributed by atoms with van der Waals surface area (Å²) in [6, 6.07) is 13.1. The van der Waals surface area contributed by atoms with Crippen molar-refractivity contribution in [3.8, 4) is 0 Å². The second kappa shape index (κ2) is 6.28. The normalized spacial score (nSPS) is 16.2. The third kappa shape index (κ3) is 3.06. The van der Waals surface area contributed by atoms with E-state index < -0.39 is 17.6 Å². The summed E-state index contributed by atoms with van der Waals surface area (Å²) in [4.78, 5) is 24.6. The number of hydrazine groups is 1. The Kier molecular flexibility index (Phi) is 4.16. The number of anilines is 1. The van der Waals surface area contributed by atoms with Gasteiger partial charge in [0.1, 0.15) is 11.4 Å². The van der Waals surface area contributed by atoms with Crippen LogP contribution in [0.4, 0.5) is 10.1 Å². The molecule has 3 rings (SSSR count). The Balaban J connectivity index is 1.87. The Morgan fingerprint density at radius 2 is 1.62 bits per heavy atom. The summed E-state index contributed by atoms with van der Waals surface area (Å²) in [6.45, 7) is 4.20. The zero-order valence-corrected chi connectivity index (χ0v) is 13.4. The molecule has 5 heteroatoms. The number of carbonyl (C=O) groups excluding carboxylic acids is 2. The fourth-order valence-electron chi connectivity index (χ4n) is 2.47. The molecule has 0 unspecified atom stereocenters. The highest BCUT2D eigenvalue weighted by molar-refractivity contribution is 6.31. The maximum absolute atomic E-state index is 13.0. The number of nitrogens with zero attached hydrogens (tertiary/aromatic N) is 1. The van der Waals surface area contributed by atoms with Gasteiger partial charge in [-0.1, -0.05) is 38.1 Å². The first-order chi connectivity index (χ1) is 11.5. The van der Waals surface area contributed by atoms with E-state index in [9.17, 15) is 14.0 Å². The fraction of sp³-hybridized carbons (Fsp3) is 0.158. The molecule has 1 aliphatic heterocycles. The van der Waals surface area contributed by atoms with E-state index in [2.05, 4.69) is 19.3 Å². The molecule has 0 aromatic heterocycles. The van der Waals surface area contributed by atoms with E-state index in [4.69, 9.17) is 0 Å². The van der Waals surface area contributed by atoms with Crippen molar-refractivity contribution in [3.05, 3.63) is 71.0 Å². The summed E-state index contributed by atoms with van der Waals surface area (Å²) in [6.07, 6.45) is 1.56. The van der Waals surface area contributed by atoms with Crippen LogP contribution in [0.25, 0.3) is 6.08 Å². The number of amides is 2. The first-order valence-electron chi connectivity index (χ1n) is 7.68. The molecule has 0 aliphatic carbocycles. The molecule has 2 aromatic rings. The van der Waals surface area contributed by atoms with Gasteiger partial charge in [0.25, 0.3) is 11.8 Å². The maximum Gasteiger partial charge on any atom is 0.282 e. The highest BCUT2D eigenvalue weighted by Gasteiger charge is 2.34. The Hall–Kier alpha value is -2.95. The van der Waals surface area contributed by atoms with Crippen LogP contribution in [0.1, 0.15) is 30.9 Å². The predicted molar refractivity (Wildman–Crippen MR) is 90.5 cm³/mol. The summed E-state index contributed by atoms with van der Waals surface area (Å²) >= 11 is 0. The maximum atomic E-state index is 13.0. The van der Waals surface area contributed by atoms with Crippen LogP contribution < -0.4 is 10.4 Å². The van der Waals surface area contributed by atoms with Crippen LogP contribution in [0.3, 0.4) is 0 Å². The number of hydrogen-bond donors (Lipinski definition) is 1. The summed E-state index contributed by atoms with van der Waals surface area (Å²) in [5.41, 5.74) is 4.92. The van der Waals surface area contributed by atoms with Gasteiger partial charge in [0.2, 0.25) is 0 Å². The van der Waals surface area contributed by atoms with E-state index in [-0.39, 0.29) is 5.57 Å². The van der Waals surface area contributed by atoms with E-state index in [1.165, 1.54) is 29.8 Å². The van der Waals surface area contributed by atoms with Crippen LogP contribution in [0.5, 0.6) is 0 Å². The van der Waals surface area contributed by atoms with Gasteiger partial charge in [0, 0.05) is 0 Å². The minimum absolute atomic E-state index is 0.0524. The number of carbonyl (C=O) groups is 2. The Morgan fingerprint density at radius 1 is 1.00 bits per heavy atom. The quantitative estimate of drug-likeness (QED) is 0.695. The lowest BCUT2D eigenvalue weighted by Crippen LogP contribution is -2.35. The van der Waals surface area contributed by atoms with Crippen molar-refractivity contribution in [2.75, 3.05) is 5.01 Å². The smallest absolute Gasteiger partial charge is 0.267 e. The van der Waals surface area contributed by atoms with E-state index in [0.717, 1.165) is 10.6 Å². The molecule has 0 saturated carbocycles. The minimum atomic E-state index is -0.475. The largest absolute Gasteiger partial charge is 0.282 e. The number of hydrogen-bond acceptors (Lipinski definition) is 2. The van der Waals surface area contributed by atoms with Gasteiger partial charge in [-0.3, -0.25) is 15.0 Å². The first-order valence-corrected chi connectivity index (χ1v) is 7.68. The van der Waals surface area contributed by atoms with Crippen molar-refractivity contribution in [2.45, 2.75) is 19.8 Å². The van der Waals surface area contributed by atoms with Crippen LogP contribution in [0.2, 0.25) is 0 Å². The lowest BCUT2D eigenvalue weighted by Gasteiger charge is -2.14. The second-order valence-electron chi connectivity index (χ2n) is 5.94. The Labute approximate surface area is 139 Å². The predicted octanol–water partition coefficient (Wildman–Crippen LogP) is 3.41. The minimum Gasteiger partial charge on any atom is -0.267 e. The van der Waals surface area contributed by atoms with Crippen LogP contribution in [0, 0.1) is 5.82 Å².